The Morgan fingerprint density at radius 1 is 1.03 bits per heavy atom. The Morgan fingerprint density at radius 2 is 1.83 bits per heavy atom. The van der Waals surface area contributed by atoms with Gasteiger partial charge >= 0.3 is 0 Å². The smallest absolute Gasteiger partial charge is 0.260 e. The SMILES string of the molecule is O=C(COc1ccc(Cl)cc1Cl)N1CCCN(C(=O)c2ccc3nc[nH]c3c2)CC1. The number of halogens is 2. The first-order valence-electron chi connectivity index (χ1n) is 9.59. The molecule has 7 nitrogen and oxygen atoms in total. The number of fused-ring (bicyclic) bond motifs is 1. The van der Waals surface area contributed by atoms with E-state index in [-0.39, 0.29) is 18.4 Å². The molecule has 156 valence electrons. The molecule has 9 heteroatoms. The van der Waals surface area contributed by atoms with E-state index in [1.54, 1.807) is 40.4 Å². The molecule has 0 atom stereocenters. The molecule has 1 aliphatic rings. The highest BCUT2D eigenvalue weighted by Gasteiger charge is 2.23. The molecule has 2 aromatic carbocycles. The number of nitrogens with zero attached hydrogens (tertiary/aromatic N) is 3. The van der Waals surface area contributed by atoms with E-state index in [0.29, 0.717) is 54.0 Å². The number of benzene rings is 2. The van der Waals surface area contributed by atoms with Gasteiger partial charge < -0.3 is 19.5 Å². The van der Waals surface area contributed by atoms with Crippen LogP contribution in [0.4, 0.5) is 0 Å². The van der Waals surface area contributed by atoms with Crippen molar-refractivity contribution in [2.24, 2.45) is 0 Å². The molecule has 1 saturated heterocycles. The maximum absolute atomic E-state index is 12.9. The third-order valence-corrected chi connectivity index (χ3v) is 5.58. The molecule has 0 radical (unpaired) electrons. The lowest BCUT2D eigenvalue weighted by atomic mass is 10.1. The average molecular weight is 447 g/mol. The Bertz CT molecular complexity index is 1090. The van der Waals surface area contributed by atoms with Crippen LogP contribution in [0.15, 0.2) is 42.7 Å². The van der Waals surface area contributed by atoms with E-state index in [0.717, 1.165) is 11.0 Å². The van der Waals surface area contributed by atoms with Crippen LogP contribution in [-0.4, -0.2) is 64.4 Å². The van der Waals surface area contributed by atoms with E-state index in [4.69, 9.17) is 27.9 Å². The number of H-pyrrole nitrogens is 1. The molecule has 1 aromatic heterocycles. The van der Waals surface area contributed by atoms with Gasteiger partial charge in [-0.3, -0.25) is 9.59 Å². The van der Waals surface area contributed by atoms with Crippen molar-refractivity contribution in [1.29, 1.82) is 0 Å². The fraction of sp³-hybridized carbons (Fsp3) is 0.286. The lowest BCUT2D eigenvalue weighted by Gasteiger charge is -2.22. The summed E-state index contributed by atoms with van der Waals surface area (Å²) in [6.45, 7) is 1.96. The number of nitrogens with one attached hydrogen (secondary N) is 1. The maximum Gasteiger partial charge on any atom is 0.260 e. The van der Waals surface area contributed by atoms with Gasteiger partial charge in [-0.05, 0) is 42.8 Å². The molecule has 30 heavy (non-hydrogen) atoms. The van der Waals surface area contributed by atoms with Gasteiger partial charge in [0.1, 0.15) is 5.75 Å². The first-order valence-corrected chi connectivity index (χ1v) is 10.3. The van der Waals surface area contributed by atoms with Crippen LogP contribution in [-0.2, 0) is 4.79 Å². The zero-order valence-corrected chi connectivity index (χ0v) is 17.6. The van der Waals surface area contributed by atoms with Gasteiger partial charge in [-0.15, -0.1) is 0 Å². The quantitative estimate of drug-likeness (QED) is 0.663. The minimum atomic E-state index is -0.144. The molecule has 0 saturated carbocycles. The van der Waals surface area contributed by atoms with Crippen LogP contribution >= 0.6 is 23.2 Å². The van der Waals surface area contributed by atoms with E-state index < -0.39 is 0 Å². The minimum absolute atomic E-state index is 0.0509. The summed E-state index contributed by atoms with van der Waals surface area (Å²) in [4.78, 5) is 36.2. The molecule has 0 aliphatic carbocycles. The molecular weight excluding hydrogens is 427 g/mol. The molecule has 1 fully saturated rings. The normalized spacial score (nSPS) is 14.6. The van der Waals surface area contributed by atoms with Gasteiger partial charge in [0.25, 0.3) is 11.8 Å². The molecule has 1 aliphatic heterocycles. The summed E-state index contributed by atoms with van der Waals surface area (Å²) in [6, 6.07) is 10.3. The standard InChI is InChI=1S/C21H20Cl2N4O3/c22-15-3-5-19(16(23)11-15)30-12-20(28)26-6-1-7-27(9-8-26)21(29)14-2-4-17-18(10-14)25-13-24-17/h2-5,10-11,13H,1,6-9,12H2,(H,24,25). The van der Waals surface area contributed by atoms with Crippen LogP contribution in [0.2, 0.25) is 10.0 Å². The zero-order valence-electron chi connectivity index (χ0n) is 16.1. The van der Waals surface area contributed by atoms with E-state index in [1.807, 2.05) is 12.1 Å². The fourth-order valence-electron chi connectivity index (χ4n) is 3.44. The van der Waals surface area contributed by atoms with E-state index >= 15 is 0 Å². The number of hydrogen-bond donors (Lipinski definition) is 1. The topological polar surface area (TPSA) is 78.5 Å². The first kappa shape index (κ1) is 20.5. The van der Waals surface area contributed by atoms with Crippen LogP contribution < -0.4 is 4.74 Å². The molecule has 0 unspecified atom stereocenters. The lowest BCUT2D eigenvalue weighted by molar-refractivity contribution is -0.133. The molecule has 4 rings (SSSR count). The molecule has 3 aromatic rings. The van der Waals surface area contributed by atoms with Gasteiger partial charge in [0.2, 0.25) is 0 Å². The summed E-state index contributed by atoms with van der Waals surface area (Å²) in [5, 5.41) is 0.861. The number of carbonyl (C=O) groups excluding carboxylic acids is 2. The summed E-state index contributed by atoms with van der Waals surface area (Å²) < 4.78 is 5.55. The largest absolute Gasteiger partial charge is 0.482 e. The number of amides is 2. The number of rotatable bonds is 4. The monoisotopic (exact) mass is 446 g/mol. The number of aromatic amines is 1. The maximum atomic E-state index is 12.9. The first-order chi connectivity index (χ1) is 14.5. The Balaban J connectivity index is 1.34. The molecule has 2 heterocycles. The third kappa shape index (κ3) is 4.52. The highest BCUT2D eigenvalue weighted by atomic mass is 35.5. The second-order valence-electron chi connectivity index (χ2n) is 7.02. The Kier molecular flexibility index (Phi) is 6.11. The second kappa shape index (κ2) is 8.93. The Hall–Kier alpha value is -2.77. The summed E-state index contributed by atoms with van der Waals surface area (Å²) in [5.74, 6) is 0.217. The van der Waals surface area contributed by atoms with Gasteiger partial charge in [0, 0.05) is 36.8 Å². The third-order valence-electron chi connectivity index (χ3n) is 5.05. The highest BCUT2D eigenvalue weighted by Crippen LogP contribution is 2.27. The number of imidazole rings is 1. The van der Waals surface area contributed by atoms with Crippen molar-refractivity contribution >= 4 is 46.0 Å². The zero-order chi connectivity index (χ0) is 21.1. The van der Waals surface area contributed by atoms with Crippen molar-refractivity contribution < 1.29 is 14.3 Å². The van der Waals surface area contributed by atoms with E-state index in [9.17, 15) is 9.59 Å². The van der Waals surface area contributed by atoms with Crippen molar-refractivity contribution in [1.82, 2.24) is 19.8 Å². The molecule has 0 bridgehead atoms. The Morgan fingerprint density at radius 3 is 2.67 bits per heavy atom. The van der Waals surface area contributed by atoms with Gasteiger partial charge in [-0.2, -0.15) is 0 Å². The van der Waals surface area contributed by atoms with Gasteiger partial charge in [0.15, 0.2) is 6.61 Å². The number of ether oxygens (including phenoxy) is 1. The van der Waals surface area contributed by atoms with Crippen molar-refractivity contribution in [2.75, 3.05) is 32.8 Å². The predicted octanol–water partition coefficient (Wildman–Crippen LogP) is 3.62. The van der Waals surface area contributed by atoms with Crippen LogP contribution in [0.1, 0.15) is 16.8 Å². The van der Waals surface area contributed by atoms with Crippen molar-refractivity contribution in [3.8, 4) is 5.75 Å². The Labute approximate surface area is 183 Å². The van der Waals surface area contributed by atoms with Gasteiger partial charge in [-0.1, -0.05) is 23.2 Å². The number of aromatic nitrogens is 2. The average Bonchev–Trinajstić information content (AvgIpc) is 3.07. The van der Waals surface area contributed by atoms with Crippen LogP contribution in [0.3, 0.4) is 0 Å². The van der Waals surface area contributed by atoms with E-state index in [1.165, 1.54) is 0 Å². The highest BCUT2D eigenvalue weighted by molar-refractivity contribution is 6.35. The van der Waals surface area contributed by atoms with Gasteiger partial charge in [-0.25, -0.2) is 4.98 Å². The summed E-state index contributed by atoms with van der Waals surface area (Å²) >= 11 is 12.0. The number of hydrogen-bond acceptors (Lipinski definition) is 4. The van der Waals surface area contributed by atoms with Crippen LogP contribution in [0, 0.1) is 0 Å². The minimum Gasteiger partial charge on any atom is -0.482 e. The van der Waals surface area contributed by atoms with Gasteiger partial charge in [0.05, 0.1) is 22.4 Å². The molecular formula is C21H20Cl2N4O3. The van der Waals surface area contributed by atoms with Crippen molar-refractivity contribution in [2.45, 2.75) is 6.42 Å². The fourth-order valence-corrected chi connectivity index (χ4v) is 3.91. The summed E-state index contributed by atoms with van der Waals surface area (Å²) in [6.07, 6.45) is 2.30. The van der Waals surface area contributed by atoms with Crippen LogP contribution in [0.5, 0.6) is 5.75 Å². The molecule has 0 spiro atoms. The van der Waals surface area contributed by atoms with E-state index in [2.05, 4.69) is 9.97 Å². The number of carbonyl (C=O) groups is 2. The summed E-state index contributed by atoms with van der Waals surface area (Å²) in [7, 11) is 0. The summed E-state index contributed by atoms with van der Waals surface area (Å²) in [5.41, 5.74) is 2.25. The predicted molar refractivity (Wildman–Crippen MR) is 115 cm³/mol. The van der Waals surface area contributed by atoms with Crippen molar-refractivity contribution in [3.63, 3.8) is 0 Å². The molecule has 2 amide bonds. The molecule has 1 N–H and O–H groups in total. The second-order valence-corrected chi connectivity index (χ2v) is 7.87. The lowest BCUT2D eigenvalue weighted by Crippen LogP contribution is -2.39. The van der Waals surface area contributed by atoms with Crippen molar-refractivity contribution in [3.05, 3.63) is 58.3 Å². The van der Waals surface area contributed by atoms with Crippen LogP contribution in [0.25, 0.3) is 11.0 Å².